The van der Waals surface area contributed by atoms with E-state index in [4.69, 9.17) is 9.84 Å². The van der Waals surface area contributed by atoms with E-state index in [1.165, 1.54) is 5.56 Å². The van der Waals surface area contributed by atoms with Crippen LogP contribution in [0.2, 0.25) is 0 Å². The molecular weight excluding hydrogens is 392 g/mol. The molecule has 134 valence electrons. The first-order valence-electron chi connectivity index (χ1n) is 8.95. The summed E-state index contributed by atoms with van der Waals surface area (Å²) >= 11 is 3.49. The number of benzene rings is 2. The lowest BCUT2D eigenvalue weighted by atomic mass is 9.77. The van der Waals surface area contributed by atoms with Crippen LogP contribution in [-0.4, -0.2) is 23.7 Å². The fourth-order valence-corrected chi connectivity index (χ4v) is 4.26. The highest BCUT2D eigenvalue weighted by Crippen LogP contribution is 2.44. The number of rotatable bonds is 3. The molecule has 26 heavy (non-hydrogen) atoms. The van der Waals surface area contributed by atoms with Gasteiger partial charge >= 0.3 is 0 Å². The van der Waals surface area contributed by atoms with E-state index >= 15 is 0 Å². The second-order valence-electron chi connectivity index (χ2n) is 6.74. The Morgan fingerprint density at radius 3 is 2.73 bits per heavy atom. The van der Waals surface area contributed by atoms with Crippen molar-refractivity contribution >= 4 is 27.5 Å². The van der Waals surface area contributed by atoms with Crippen LogP contribution in [0.15, 0.2) is 52.0 Å². The van der Waals surface area contributed by atoms with Gasteiger partial charge in [-0.05, 0) is 54.3 Å². The van der Waals surface area contributed by atoms with Gasteiger partial charge in [-0.15, -0.1) is 0 Å². The van der Waals surface area contributed by atoms with Crippen molar-refractivity contribution < 1.29 is 9.53 Å². The summed E-state index contributed by atoms with van der Waals surface area (Å²) in [5.41, 5.74) is 4.56. The fourth-order valence-electron chi connectivity index (χ4n) is 3.99. The molecule has 5 heteroatoms. The molecule has 4 nitrogen and oxygen atoms in total. The summed E-state index contributed by atoms with van der Waals surface area (Å²) in [7, 11) is 1.69. The van der Waals surface area contributed by atoms with Crippen molar-refractivity contribution in [3.05, 3.63) is 63.6 Å². The van der Waals surface area contributed by atoms with Gasteiger partial charge in [0.15, 0.2) is 0 Å². The number of carbonyl (C=O) groups excluding carboxylic acids is 1. The zero-order chi connectivity index (χ0) is 18.3. The second-order valence-corrected chi connectivity index (χ2v) is 7.66. The molecule has 0 bridgehead atoms. The van der Waals surface area contributed by atoms with E-state index in [0.29, 0.717) is 6.42 Å². The zero-order valence-corrected chi connectivity index (χ0v) is 16.5. The van der Waals surface area contributed by atoms with Crippen LogP contribution in [0.5, 0.6) is 5.75 Å². The molecule has 1 amide bonds. The molecule has 1 aliphatic heterocycles. The van der Waals surface area contributed by atoms with Gasteiger partial charge in [0.05, 0.1) is 18.9 Å². The molecule has 0 saturated heterocycles. The molecule has 2 aliphatic rings. The van der Waals surface area contributed by atoms with E-state index in [0.717, 1.165) is 39.9 Å². The Labute approximate surface area is 162 Å². The summed E-state index contributed by atoms with van der Waals surface area (Å²) in [5, 5.41) is 6.52. The van der Waals surface area contributed by atoms with Crippen LogP contribution in [0.1, 0.15) is 42.5 Å². The number of amides is 1. The Bertz CT molecular complexity index is 876. The maximum atomic E-state index is 12.6. The largest absolute Gasteiger partial charge is 0.497 e. The van der Waals surface area contributed by atoms with Crippen LogP contribution in [-0.2, 0) is 11.2 Å². The van der Waals surface area contributed by atoms with Crippen LogP contribution in [0.3, 0.4) is 0 Å². The maximum absolute atomic E-state index is 12.6. The van der Waals surface area contributed by atoms with Gasteiger partial charge in [-0.1, -0.05) is 35.0 Å². The van der Waals surface area contributed by atoms with Crippen molar-refractivity contribution in [2.45, 2.75) is 32.2 Å². The van der Waals surface area contributed by atoms with Crippen LogP contribution < -0.4 is 4.74 Å². The molecule has 1 aliphatic carbocycles. The highest BCUT2D eigenvalue weighted by Gasteiger charge is 2.43. The molecule has 0 unspecified atom stereocenters. The number of ether oxygens (including phenoxy) is 1. The number of fused-ring (bicyclic) bond motifs is 3. The summed E-state index contributed by atoms with van der Waals surface area (Å²) in [5.74, 6) is 1.16. The van der Waals surface area contributed by atoms with Crippen molar-refractivity contribution in [2.75, 3.05) is 7.11 Å². The number of hydrogen-bond acceptors (Lipinski definition) is 3. The summed E-state index contributed by atoms with van der Waals surface area (Å²) in [6.45, 7) is 1.89. The van der Waals surface area contributed by atoms with E-state index in [1.807, 2.05) is 25.1 Å². The number of halogens is 1. The summed E-state index contributed by atoms with van der Waals surface area (Å²) in [6, 6.07) is 14.4. The lowest BCUT2D eigenvalue weighted by Crippen LogP contribution is -2.31. The van der Waals surface area contributed by atoms with Crippen molar-refractivity contribution in [1.82, 2.24) is 5.01 Å². The predicted octanol–water partition coefficient (Wildman–Crippen LogP) is 4.72. The van der Waals surface area contributed by atoms with Crippen LogP contribution >= 0.6 is 15.9 Å². The first kappa shape index (κ1) is 17.3. The molecule has 2 aromatic rings. The van der Waals surface area contributed by atoms with Gasteiger partial charge in [0.1, 0.15) is 5.75 Å². The average Bonchev–Trinajstić information content (AvgIpc) is 3.07. The number of hydrogen-bond donors (Lipinski definition) is 0. The quantitative estimate of drug-likeness (QED) is 0.731. The lowest BCUT2D eigenvalue weighted by Gasteiger charge is -2.29. The molecule has 2 atom stereocenters. The van der Waals surface area contributed by atoms with Gasteiger partial charge in [-0.2, -0.15) is 5.10 Å². The van der Waals surface area contributed by atoms with E-state index in [-0.39, 0.29) is 17.9 Å². The predicted molar refractivity (Wildman–Crippen MR) is 105 cm³/mol. The molecule has 0 saturated carbocycles. The standard InChI is InChI=1S/C21H21BrN2O2/c1-3-19(25)24-21(13-4-7-15(22)8-5-13)18-10-6-14-12-16(26-2)9-11-17(14)20(18)23-24/h4-5,7-9,11-12,18,21H,3,6,10H2,1-2H3/t18-,21-/m0/s1. The van der Waals surface area contributed by atoms with Gasteiger partial charge in [-0.25, -0.2) is 5.01 Å². The highest BCUT2D eigenvalue weighted by atomic mass is 79.9. The SMILES string of the molecule is CCC(=O)N1N=C2c3ccc(OC)cc3CC[C@@H]2[C@@H]1c1ccc(Br)cc1. The van der Waals surface area contributed by atoms with Crippen LogP contribution in [0, 0.1) is 5.92 Å². The smallest absolute Gasteiger partial charge is 0.242 e. The van der Waals surface area contributed by atoms with Crippen molar-refractivity contribution in [2.24, 2.45) is 11.0 Å². The molecule has 1 heterocycles. The third-order valence-corrected chi connectivity index (χ3v) is 5.82. The summed E-state index contributed by atoms with van der Waals surface area (Å²) in [6.07, 6.45) is 2.40. The number of methoxy groups -OCH3 is 1. The van der Waals surface area contributed by atoms with Crippen LogP contribution in [0.25, 0.3) is 0 Å². The number of nitrogens with zero attached hydrogens (tertiary/aromatic N) is 2. The van der Waals surface area contributed by atoms with Gasteiger partial charge in [-0.3, -0.25) is 4.79 Å². The van der Waals surface area contributed by atoms with Crippen molar-refractivity contribution in [3.63, 3.8) is 0 Å². The maximum Gasteiger partial charge on any atom is 0.242 e. The Kier molecular flexibility index (Phi) is 4.57. The minimum atomic E-state index is -0.0270. The molecule has 0 spiro atoms. The van der Waals surface area contributed by atoms with E-state index in [1.54, 1.807) is 12.1 Å². The Morgan fingerprint density at radius 2 is 2.04 bits per heavy atom. The van der Waals surface area contributed by atoms with Gasteiger partial charge in [0.2, 0.25) is 5.91 Å². The monoisotopic (exact) mass is 412 g/mol. The first-order chi connectivity index (χ1) is 12.6. The third-order valence-electron chi connectivity index (χ3n) is 5.29. The molecule has 4 rings (SSSR count). The molecule has 0 fully saturated rings. The van der Waals surface area contributed by atoms with E-state index < -0.39 is 0 Å². The first-order valence-corrected chi connectivity index (χ1v) is 9.75. The fraction of sp³-hybridized carbons (Fsp3) is 0.333. The van der Waals surface area contributed by atoms with Crippen molar-refractivity contribution in [1.29, 1.82) is 0 Å². The zero-order valence-electron chi connectivity index (χ0n) is 14.9. The van der Waals surface area contributed by atoms with Gasteiger partial charge in [0.25, 0.3) is 0 Å². The second kappa shape index (κ2) is 6.88. The van der Waals surface area contributed by atoms with E-state index in [9.17, 15) is 4.79 Å². The molecule has 0 aromatic heterocycles. The molecular formula is C21H21BrN2O2. The number of aryl methyl sites for hydroxylation is 1. The Balaban J connectivity index is 1.78. The van der Waals surface area contributed by atoms with Crippen molar-refractivity contribution in [3.8, 4) is 5.75 Å². The third kappa shape index (κ3) is 2.84. The van der Waals surface area contributed by atoms with Crippen LogP contribution in [0.4, 0.5) is 0 Å². The van der Waals surface area contributed by atoms with E-state index in [2.05, 4.69) is 40.2 Å². The number of carbonyl (C=O) groups is 1. The number of hydrazone groups is 1. The van der Waals surface area contributed by atoms with Gasteiger partial charge < -0.3 is 4.74 Å². The summed E-state index contributed by atoms with van der Waals surface area (Å²) < 4.78 is 6.40. The molecule has 0 radical (unpaired) electrons. The molecule has 0 N–H and O–H groups in total. The lowest BCUT2D eigenvalue weighted by molar-refractivity contribution is -0.133. The minimum Gasteiger partial charge on any atom is -0.497 e. The average molecular weight is 413 g/mol. The normalized spacial score (nSPS) is 21.0. The molecule has 2 aromatic carbocycles. The Morgan fingerprint density at radius 1 is 1.27 bits per heavy atom. The Hall–Kier alpha value is -2.14. The minimum absolute atomic E-state index is 0.0270. The highest BCUT2D eigenvalue weighted by molar-refractivity contribution is 9.10. The van der Waals surface area contributed by atoms with Gasteiger partial charge in [0, 0.05) is 22.4 Å². The summed E-state index contributed by atoms with van der Waals surface area (Å²) in [4.78, 5) is 12.6. The topological polar surface area (TPSA) is 41.9 Å².